The molecule has 5 heteroatoms. The van der Waals surface area contributed by atoms with Gasteiger partial charge in [0.05, 0.1) is 6.04 Å². The third-order valence-corrected chi connectivity index (χ3v) is 4.73. The summed E-state index contributed by atoms with van der Waals surface area (Å²) in [5.41, 5.74) is 3.66. The van der Waals surface area contributed by atoms with Gasteiger partial charge in [0.25, 0.3) is 0 Å². The van der Waals surface area contributed by atoms with Gasteiger partial charge >= 0.3 is 0 Å². The van der Waals surface area contributed by atoms with Crippen LogP contribution in [0.3, 0.4) is 0 Å². The highest BCUT2D eigenvalue weighted by Crippen LogP contribution is 2.16. The summed E-state index contributed by atoms with van der Waals surface area (Å²) in [5, 5.41) is 2.93. The van der Waals surface area contributed by atoms with Crippen molar-refractivity contribution in [2.45, 2.75) is 33.4 Å². The summed E-state index contributed by atoms with van der Waals surface area (Å²) in [6.07, 6.45) is 0. The first-order valence-corrected chi connectivity index (χ1v) is 9.24. The Hall–Kier alpha value is -2.66. The standard InChI is InChI=1S/C22H29N3O2/c1-6-25(15-18-7-13-21(14-8-18)24(4)5)16(2)22(27)23-20-11-9-19(10-12-20)17(3)26/h7-14,16H,6,15H2,1-5H3,(H,23,27)/t16-/m0/s1. The van der Waals surface area contributed by atoms with Gasteiger partial charge in [0.1, 0.15) is 0 Å². The smallest absolute Gasteiger partial charge is 0.241 e. The van der Waals surface area contributed by atoms with Crippen LogP contribution in [0.2, 0.25) is 0 Å². The second-order valence-corrected chi connectivity index (χ2v) is 6.92. The molecule has 1 atom stereocenters. The summed E-state index contributed by atoms with van der Waals surface area (Å²) in [4.78, 5) is 28.2. The Labute approximate surface area is 162 Å². The average molecular weight is 367 g/mol. The number of ketones is 1. The Morgan fingerprint density at radius 1 is 1.00 bits per heavy atom. The lowest BCUT2D eigenvalue weighted by Crippen LogP contribution is -2.41. The van der Waals surface area contributed by atoms with Gasteiger partial charge in [0.2, 0.25) is 5.91 Å². The number of likely N-dealkylation sites (N-methyl/N-ethyl adjacent to an activating group) is 1. The maximum absolute atomic E-state index is 12.6. The van der Waals surface area contributed by atoms with E-state index in [9.17, 15) is 9.59 Å². The lowest BCUT2D eigenvalue weighted by Gasteiger charge is -2.27. The number of rotatable bonds is 8. The average Bonchev–Trinajstić information content (AvgIpc) is 2.66. The maximum atomic E-state index is 12.6. The highest BCUT2D eigenvalue weighted by atomic mass is 16.2. The lowest BCUT2D eigenvalue weighted by molar-refractivity contribution is -0.120. The molecule has 0 aliphatic heterocycles. The van der Waals surface area contributed by atoms with Crippen molar-refractivity contribution in [2.75, 3.05) is 30.9 Å². The Morgan fingerprint density at radius 3 is 2.07 bits per heavy atom. The fraction of sp³-hybridized carbons (Fsp3) is 0.364. The Morgan fingerprint density at radius 2 is 1.59 bits per heavy atom. The van der Waals surface area contributed by atoms with Crippen LogP contribution < -0.4 is 10.2 Å². The Balaban J connectivity index is 2.00. The SMILES string of the molecule is CCN(Cc1ccc(N(C)C)cc1)[C@@H](C)C(=O)Nc1ccc(C(C)=O)cc1. The van der Waals surface area contributed by atoms with E-state index < -0.39 is 0 Å². The van der Waals surface area contributed by atoms with E-state index in [1.807, 2.05) is 21.0 Å². The van der Waals surface area contributed by atoms with E-state index in [-0.39, 0.29) is 17.7 Å². The molecule has 0 unspecified atom stereocenters. The number of carbonyl (C=O) groups excluding carboxylic acids is 2. The molecule has 0 spiro atoms. The van der Waals surface area contributed by atoms with Crippen LogP contribution in [0.15, 0.2) is 48.5 Å². The maximum Gasteiger partial charge on any atom is 0.241 e. The zero-order valence-corrected chi connectivity index (χ0v) is 16.8. The van der Waals surface area contributed by atoms with Gasteiger partial charge in [-0.3, -0.25) is 14.5 Å². The molecule has 0 heterocycles. The number of nitrogens with zero attached hydrogens (tertiary/aromatic N) is 2. The quantitative estimate of drug-likeness (QED) is 0.721. The van der Waals surface area contributed by atoms with Crippen LogP contribution in [0.4, 0.5) is 11.4 Å². The molecule has 5 nitrogen and oxygen atoms in total. The van der Waals surface area contributed by atoms with Crippen molar-refractivity contribution in [2.24, 2.45) is 0 Å². The van der Waals surface area contributed by atoms with E-state index in [1.54, 1.807) is 24.3 Å². The minimum atomic E-state index is -0.268. The Kier molecular flexibility index (Phi) is 7.13. The largest absolute Gasteiger partial charge is 0.378 e. The van der Waals surface area contributed by atoms with E-state index in [2.05, 4.69) is 46.3 Å². The van der Waals surface area contributed by atoms with Crippen LogP contribution in [0.5, 0.6) is 0 Å². The first-order valence-electron chi connectivity index (χ1n) is 9.24. The number of amides is 1. The molecular formula is C22H29N3O2. The van der Waals surface area contributed by atoms with E-state index in [0.29, 0.717) is 17.8 Å². The number of Topliss-reactive ketones (excluding diaryl/α,β-unsaturated/α-hetero) is 1. The summed E-state index contributed by atoms with van der Waals surface area (Å²) >= 11 is 0. The molecule has 0 radical (unpaired) electrons. The summed E-state index contributed by atoms with van der Waals surface area (Å²) in [7, 11) is 4.03. The van der Waals surface area contributed by atoms with Gasteiger partial charge in [-0.1, -0.05) is 19.1 Å². The van der Waals surface area contributed by atoms with Gasteiger partial charge in [0.15, 0.2) is 5.78 Å². The van der Waals surface area contributed by atoms with Crippen LogP contribution in [0.1, 0.15) is 36.7 Å². The van der Waals surface area contributed by atoms with Crippen molar-refractivity contribution in [3.8, 4) is 0 Å². The van der Waals surface area contributed by atoms with Crippen molar-refractivity contribution >= 4 is 23.1 Å². The molecule has 0 aliphatic rings. The summed E-state index contributed by atoms with van der Waals surface area (Å²) < 4.78 is 0. The van der Waals surface area contributed by atoms with Gasteiger partial charge in [0, 0.05) is 37.6 Å². The number of carbonyl (C=O) groups is 2. The molecule has 27 heavy (non-hydrogen) atoms. The molecule has 0 bridgehead atoms. The molecule has 2 aromatic rings. The summed E-state index contributed by atoms with van der Waals surface area (Å²) in [5.74, 6) is -0.0453. The molecule has 0 aliphatic carbocycles. The van der Waals surface area contributed by atoms with Crippen molar-refractivity contribution in [3.05, 3.63) is 59.7 Å². The molecule has 0 saturated heterocycles. The van der Waals surface area contributed by atoms with Gasteiger partial charge in [-0.15, -0.1) is 0 Å². The van der Waals surface area contributed by atoms with Gasteiger partial charge < -0.3 is 10.2 Å². The second kappa shape index (κ2) is 9.33. The van der Waals surface area contributed by atoms with Crippen LogP contribution in [0, 0.1) is 0 Å². The highest BCUT2D eigenvalue weighted by molar-refractivity contribution is 5.96. The first kappa shape index (κ1) is 20.6. The number of nitrogens with one attached hydrogen (secondary N) is 1. The minimum Gasteiger partial charge on any atom is -0.378 e. The fourth-order valence-electron chi connectivity index (χ4n) is 2.86. The van der Waals surface area contributed by atoms with Crippen LogP contribution >= 0.6 is 0 Å². The van der Waals surface area contributed by atoms with Gasteiger partial charge in [-0.25, -0.2) is 0 Å². The molecule has 0 aromatic heterocycles. The predicted octanol–water partition coefficient (Wildman–Crippen LogP) is 3.80. The molecule has 0 saturated carbocycles. The highest BCUT2D eigenvalue weighted by Gasteiger charge is 2.20. The summed E-state index contributed by atoms with van der Waals surface area (Å²) in [6, 6.07) is 15.1. The normalized spacial score (nSPS) is 11.9. The fourth-order valence-corrected chi connectivity index (χ4v) is 2.86. The van der Waals surface area contributed by atoms with E-state index >= 15 is 0 Å². The molecule has 1 amide bonds. The molecule has 1 N–H and O–H groups in total. The molecular weight excluding hydrogens is 338 g/mol. The number of hydrogen-bond donors (Lipinski definition) is 1. The van der Waals surface area contributed by atoms with Crippen LogP contribution in [0.25, 0.3) is 0 Å². The number of anilines is 2. The van der Waals surface area contributed by atoms with Crippen molar-refractivity contribution in [1.82, 2.24) is 4.90 Å². The molecule has 144 valence electrons. The molecule has 2 rings (SSSR count). The summed E-state index contributed by atoms with van der Waals surface area (Å²) in [6.45, 7) is 6.98. The van der Waals surface area contributed by atoms with E-state index in [0.717, 1.165) is 12.2 Å². The zero-order valence-electron chi connectivity index (χ0n) is 16.8. The van der Waals surface area contributed by atoms with E-state index in [4.69, 9.17) is 0 Å². The van der Waals surface area contributed by atoms with Gasteiger partial charge in [-0.05, 0) is 62.4 Å². The number of hydrogen-bond acceptors (Lipinski definition) is 4. The monoisotopic (exact) mass is 367 g/mol. The van der Waals surface area contributed by atoms with Crippen molar-refractivity contribution < 1.29 is 9.59 Å². The molecule has 2 aromatic carbocycles. The van der Waals surface area contributed by atoms with Crippen molar-refractivity contribution in [1.29, 1.82) is 0 Å². The van der Waals surface area contributed by atoms with Gasteiger partial charge in [-0.2, -0.15) is 0 Å². The second-order valence-electron chi connectivity index (χ2n) is 6.92. The molecule has 0 fully saturated rings. The third kappa shape index (κ3) is 5.66. The topological polar surface area (TPSA) is 52.6 Å². The number of benzene rings is 2. The van der Waals surface area contributed by atoms with Crippen molar-refractivity contribution in [3.63, 3.8) is 0 Å². The Bertz CT molecular complexity index is 767. The first-order chi connectivity index (χ1) is 12.8. The zero-order chi connectivity index (χ0) is 20.0. The predicted molar refractivity (Wildman–Crippen MR) is 111 cm³/mol. The van der Waals surface area contributed by atoms with Crippen LogP contribution in [-0.4, -0.2) is 43.3 Å². The lowest BCUT2D eigenvalue weighted by atomic mass is 10.1. The van der Waals surface area contributed by atoms with E-state index in [1.165, 1.54) is 12.5 Å². The third-order valence-electron chi connectivity index (χ3n) is 4.73. The minimum absolute atomic E-state index is 0.0127. The van der Waals surface area contributed by atoms with Crippen LogP contribution in [-0.2, 0) is 11.3 Å².